The molecule has 0 spiro atoms. The lowest BCUT2D eigenvalue weighted by atomic mass is 9.34. The molecule has 5 heteroatoms. The first-order valence-electron chi connectivity index (χ1n) is 14.4. The quantitative estimate of drug-likeness (QED) is 0.236. The van der Waals surface area contributed by atoms with Crippen LogP contribution in [0.2, 0.25) is 0 Å². The third-order valence-corrected chi connectivity index (χ3v) is 13.0. The fourth-order valence-corrected chi connectivity index (χ4v) is 10.5. The van der Waals surface area contributed by atoms with Crippen molar-refractivity contribution in [3.63, 3.8) is 0 Å². The first kappa shape index (κ1) is 26.5. The van der Waals surface area contributed by atoms with Gasteiger partial charge in [-0.1, -0.05) is 59.2 Å². The largest absolute Gasteiger partial charge is 0.523 e. The lowest BCUT2D eigenvalue weighted by Crippen LogP contribution is -2.65. The van der Waals surface area contributed by atoms with Gasteiger partial charge in [-0.15, -0.1) is 0 Å². The minimum atomic E-state index is -0.485. The van der Waals surface area contributed by atoms with Gasteiger partial charge in [-0.2, -0.15) is 0 Å². The number of fused-ring (bicyclic) bond motifs is 7. The lowest BCUT2D eigenvalue weighted by molar-refractivity contribution is -0.166. The fourth-order valence-electron chi connectivity index (χ4n) is 10.5. The maximum absolute atomic E-state index is 14.5. The van der Waals surface area contributed by atoms with Crippen LogP contribution in [0.4, 0.5) is 0 Å². The van der Waals surface area contributed by atoms with E-state index in [0.717, 1.165) is 38.5 Å². The summed E-state index contributed by atoms with van der Waals surface area (Å²) in [7, 11) is 1.61. The van der Waals surface area contributed by atoms with Crippen LogP contribution in [0.5, 0.6) is 0 Å². The molecule has 0 aliphatic heterocycles. The standard InChI is InChI=1S/C32H46N2O3/c1-19-10-13-32(18-34-37-9)15-14-31(7)26(25(32)20(19)2)22(35)16-24-29(5)17-21(33-8)27(36)28(3,4)23(29)11-12-30(24,31)6/h16,18-20,23,25-26,36H,10-15,17H2,1-7,9H3/b34-18+/t19-,20+,23+,25+,26-,29+,30-,31-,32-/m1/s1. The minimum Gasteiger partial charge on any atom is -0.523 e. The van der Waals surface area contributed by atoms with Gasteiger partial charge in [0.1, 0.15) is 12.9 Å². The lowest BCUT2D eigenvalue weighted by Gasteiger charge is -2.69. The van der Waals surface area contributed by atoms with Crippen molar-refractivity contribution in [2.75, 3.05) is 7.11 Å². The third kappa shape index (κ3) is 3.20. The van der Waals surface area contributed by atoms with Crippen LogP contribution >= 0.6 is 0 Å². The predicted octanol–water partition coefficient (Wildman–Crippen LogP) is 7.75. The van der Waals surface area contributed by atoms with Crippen LogP contribution in [-0.2, 0) is 9.63 Å². The van der Waals surface area contributed by atoms with Crippen LogP contribution in [0.25, 0.3) is 4.85 Å². The van der Waals surface area contributed by atoms with Gasteiger partial charge in [0.25, 0.3) is 0 Å². The molecule has 5 aliphatic rings. The summed E-state index contributed by atoms with van der Waals surface area (Å²) < 4.78 is 0. The van der Waals surface area contributed by atoms with E-state index in [2.05, 4.69) is 64.7 Å². The minimum absolute atomic E-state index is 0.0444. The van der Waals surface area contributed by atoms with E-state index < -0.39 is 5.41 Å². The second kappa shape index (κ2) is 8.20. The van der Waals surface area contributed by atoms with E-state index >= 15 is 0 Å². The topological polar surface area (TPSA) is 63.2 Å². The molecule has 0 radical (unpaired) electrons. The van der Waals surface area contributed by atoms with E-state index in [1.807, 2.05) is 6.08 Å². The van der Waals surface area contributed by atoms with Crippen molar-refractivity contribution < 1.29 is 14.7 Å². The second-order valence-corrected chi connectivity index (χ2v) is 14.6. The molecule has 37 heavy (non-hydrogen) atoms. The van der Waals surface area contributed by atoms with Crippen molar-refractivity contribution in [3.05, 3.63) is 34.5 Å². The van der Waals surface area contributed by atoms with E-state index in [1.54, 1.807) is 7.11 Å². The molecule has 0 bridgehead atoms. The Hall–Kier alpha value is -2.09. The van der Waals surface area contributed by atoms with Gasteiger partial charge in [-0.05, 0) is 90.9 Å². The Morgan fingerprint density at radius 3 is 2.46 bits per heavy atom. The van der Waals surface area contributed by atoms with E-state index in [1.165, 1.54) is 5.57 Å². The van der Waals surface area contributed by atoms with E-state index in [0.29, 0.717) is 24.0 Å². The Morgan fingerprint density at radius 2 is 1.81 bits per heavy atom. The van der Waals surface area contributed by atoms with Crippen molar-refractivity contribution in [1.82, 2.24) is 0 Å². The summed E-state index contributed by atoms with van der Waals surface area (Å²) in [5.74, 6) is 1.93. The van der Waals surface area contributed by atoms with Gasteiger partial charge >= 0.3 is 0 Å². The molecule has 0 aromatic rings. The van der Waals surface area contributed by atoms with Gasteiger partial charge in [0, 0.05) is 16.7 Å². The van der Waals surface area contributed by atoms with Crippen molar-refractivity contribution >= 4 is 12.0 Å². The first-order valence-corrected chi connectivity index (χ1v) is 14.4. The van der Waals surface area contributed by atoms with E-state index in [-0.39, 0.29) is 51.0 Å². The number of oxime groups is 1. The molecule has 0 amide bonds. The molecule has 0 aromatic carbocycles. The first-order chi connectivity index (χ1) is 17.2. The molecule has 202 valence electrons. The number of carbonyl (C=O) groups is 1. The predicted molar refractivity (Wildman–Crippen MR) is 146 cm³/mol. The normalized spacial score (nSPS) is 48.8. The van der Waals surface area contributed by atoms with Crippen LogP contribution < -0.4 is 0 Å². The number of aliphatic hydroxyl groups is 1. The molecule has 0 saturated heterocycles. The number of nitrogens with zero attached hydrogens (tertiary/aromatic N) is 2. The molecule has 9 atom stereocenters. The van der Waals surface area contributed by atoms with Crippen molar-refractivity contribution in [1.29, 1.82) is 0 Å². The smallest absolute Gasteiger partial charge is 0.203 e. The average Bonchev–Trinajstić information content (AvgIpc) is 2.85. The van der Waals surface area contributed by atoms with Crippen molar-refractivity contribution in [2.45, 2.75) is 93.4 Å². The van der Waals surface area contributed by atoms with Gasteiger partial charge in [0.15, 0.2) is 5.78 Å². The summed E-state index contributed by atoms with van der Waals surface area (Å²) in [6, 6.07) is 0. The number of rotatable bonds is 2. The van der Waals surface area contributed by atoms with Crippen LogP contribution in [0.3, 0.4) is 0 Å². The molecule has 1 N–H and O–H groups in total. The summed E-state index contributed by atoms with van der Waals surface area (Å²) in [6.07, 6.45) is 10.9. The fraction of sp³-hybridized carbons (Fsp3) is 0.781. The molecule has 5 nitrogen and oxygen atoms in total. The number of hydrogen-bond acceptors (Lipinski definition) is 4. The van der Waals surface area contributed by atoms with Gasteiger partial charge in [0.05, 0.1) is 12.8 Å². The number of ketones is 1. The molecule has 5 rings (SSSR count). The van der Waals surface area contributed by atoms with Crippen LogP contribution in [0.1, 0.15) is 93.4 Å². The summed E-state index contributed by atoms with van der Waals surface area (Å²) in [5.41, 5.74) is 0.541. The monoisotopic (exact) mass is 506 g/mol. The van der Waals surface area contributed by atoms with E-state index in [9.17, 15) is 9.90 Å². The highest BCUT2D eigenvalue weighted by Gasteiger charge is 2.70. The molecule has 3 fully saturated rings. The Morgan fingerprint density at radius 1 is 1.11 bits per heavy atom. The van der Waals surface area contributed by atoms with E-state index in [4.69, 9.17) is 11.4 Å². The van der Waals surface area contributed by atoms with Crippen LogP contribution in [-0.4, -0.2) is 24.2 Å². The zero-order chi connectivity index (χ0) is 27.2. The van der Waals surface area contributed by atoms with Crippen LogP contribution in [0, 0.1) is 63.2 Å². The highest BCUT2D eigenvalue weighted by molar-refractivity contribution is 5.96. The zero-order valence-corrected chi connectivity index (χ0v) is 24.1. The third-order valence-electron chi connectivity index (χ3n) is 13.0. The van der Waals surface area contributed by atoms with Gasteiger partial charge in [0.2, 0.25) is 5.70 Å². The van der Waals surface area contributed by atoms with Gasteiger partial charge in [-0.3, -0.25) is 4.79 Å². The summed E-state index contributed by atoms with van der Waals surface area (Å²) in [5, 5.41) is 15.4. The molecule has 0 aromatic heterocycles. The van der Waals surface area contributed by atoms with Crippen LogP contribution in [0.15, 0.2) is 28.3 Å². The number of carbonyl (C=O) groups excluding carboxylic acids is 1. The number of allylic oxidation sites excluding steroid dienone is 4. The maximum atomic E-state index is 14.5. The molecule has 0 heterocycles. The molecule has 0 unspecified atom stereocenters. The molecule has 3 saturated carbocycles. The second-order valence-electron chi connectivity index (χ2n) is 14.6. The summed E-state index contributed by atoms with van der Waals surface area (Å²) in [6.45, 7) is 23.8. The molecular formula is C32H46N2O3. The Labute approximate surface area is 223 Å². The molecular weight excluding hydrogens is 460 g/mol. The van der Waals surface area contributed by atoms with Gasteiger partial charge < -0.3 is 9.94 Å². The average molecular weight is 507 g/mol. The van der Waals surface area contributed by atoms with Crippen molar-refractivity contribution in [2.24, 2.45) is 61.8 Å². The Balaban J connectivity index is 1.68. The highest BCUT2D eigenvalue weighted by Crippen LogP contribution is 2.75. The number of aliphatic hydroxyl groups excluding tert-OH is 1. The Kier molecular flexibility index (Phi) is 5.88. The maximum Gasteiger partial charge on any atom is 0.203 e. The number of hydrogen-bond donors (Lipinski definition) is 1. The van der Waals surface area contributed by atoms with Crippen molar-refractivity contribution in [3.8, 4) is 0 Å². The highest BCUT2D eigenvalue weighted by atomic mass is 16.6. The summed E-state index contributed by atoms with van der Waals surface area (Å²) >= 11 is 0. The SMILES string of the molecule is [C-]#[N+]C1=C(O)C(C)(C)[C@@H]2CC[C@]3(C)C(=CC(=O)[C@@H]4[C@@H]5[C@@H](C)[C@H](C)CC[C@]5(/C=N/OC)CC[C@]43C)[C@@]2(C)C1. The summed E-state index contributed by atoms with van der Waals surface area (Å²) in [4.78, 5) is 23.5. The molecule has 5 aliphatic carbocycles. The van der Waals surface area contributed by atoms with Gasteiger partial charge in [-0.25, -0.2) is 4.85 Å². The zero-order valence-electron chi connectivity index (χ0n) is 24.1. The Bertz CT molecular complexity index is 1140.